The molecule has 1 fully saturated rings. The van der Waals surface area contributed by atoms with Crippen LogP contribution in [0.2, 0.25) is 0 Å². The zero-order valence-corrected chi connectivity index (χ0v) is 8.79. The fraction of sp³-hybridized carbons (Fsp3) is 0.545. The first-order valence-electron chi connectivity index (χ1n) is 5.23. The molecule has 2 heterocycles. The van der Waals surface area contributed by atoms with Gasteiger partial charge in [-0.1, -0.05) is 13.0 Å². The van der Waals surface area contributed by atoms with Crippen LogP contribution in [-0.2, 0) is 4.74 Å². The second-order valence-corrected chi connectivity index (χ2v) is 3.91. The van der Waals surface area contributed by atoms with Gasteiger partial charge in [-0.2, -0.15) is 4.39 Å². The fourth-order valence-corrected chi connectivity index (χ4v) is 1.82. The molecule has 1 aromatic heterocycles. The monoisotopic (exact) mass is 210 g/mol. The quantitative estimate of drug-likeness (QED) is 0.776. The van der Waals surface area contributed by atoms with Gasteiger partial charge in [0.1, 0.15) is 5.82 Å². The third-order valence-corrected chi connectivity index (χ3v) is 2.89. The van der Waals surface area contributed by atoms with Crippen molar-refractivity contribution in [3.8, 4) is 0 Å². The predicted molar refractivity (Wildman–Crippen MR) is 56.3 cm³/mol. The van der Waals surface area contributed by atoms with Gasteiger partial charge in [0.25, 0.3) is 0 Å². The zero-order valence-electron chi connectivity index (χ0n) is 8.79. The number of pyridine rings is 1. The minimum Gasteiger partial charge on any atom is -0.379 e. The second-order valence-electron chi connectivity index (χ2n) is 3.91. The SMILES string of the molecule is CCC1(Nc2cccc(F)n2)CCOC1. The smallest absolute Gasteiger partial charge is 0.214 e. The van der Waals surface area contributed by atoms with Crippen molar-refractivity contribution in [3.05, 3.63) is 24.1 Å². The van der Waals surface area contributed by atoms with Gasteiger partial charge >= 0.3 is 0 Å². The van der Waals surface area contributed by atoms with E-state index >= 15 is 0 Å². The lowest BCUT2D eigenvalue weighted by Gasteiger charge is -2.27. The number of hydrogen-bond acceptors (Lipinski definition) is 3. The third kappa shape index (κ3) is 2.26. The summed E-state index contributed by atoms with van der Waals surface area (Å²) in [5.41, 5.74) is -0.0687. The lowest BCUT2D eigenvalue weighted by atomic mass is 9.95. The van der Waals surface area contributed by atoms with Crippen LogP contribution in [-0.4, -0.2) is 23.7 Å². The molecular weight excluding hydrogens is 195 g/mol. The summed E-state index contributed by atoms with van der Waals surface area (Å²) in [5.74, 6) is 0.132. The van der Waals surface area contributed by atoms with Gasteiger partial charge in [-0.25, -0.2) is 4.98 Å². The first kappa shape index (κ1) is 10.4. The maximum absolute atomic E-state index is 12.9. The first-order valence-corrected chi connectivity index (χ1v) is 5.23. The molecule has 4 heteroatoms. The van der Waals surface area contributed by atoms with Gasteiger partial charge in [-0.05, 0) is 25.0 Å². The molecule has 1 aromatic rings. The summed E-state index contributed by atoms with van der Waals surface area (Å²) in [6.45, 7) is 3.53. The van der Waals surface area contributed by atoms with Crippen LogP contribution in [0.4, 0.5) is 10.2 Å². The molecule has 1 saturated heterocycles. The van der Waals surface area contributed by atoms with E-state index in [0.717, 1.165) is 19.4 Å². The largest absolute Gasteiger partial charge is 0.379 e. The van der Waals surface area contributed by atoms with E-state index in [1.165, 1.54) is 6.07 Å². The molecule has 3 nitrogen and oxygen atoms in total. The van der Waals surface area contributed by atoms with E-state index in [2.05, 4.69) is 17.2 Å². The molecule has 1 atom stereocenters. The van der Waals surface area contributed by atoms with Crippen LogP contribution in [0.3, 0.4) is 0 Å². The number of rotatable bonds is 3. The number of ether oxygens (including phenoxy) is 1. The molecule has 0 spiro atoms. The Balaban J connectivity index is 2.12. The maximum atomic E-state index is 12.9. The molecule has 1 unspecified atom stereocenters. The average molecular weight is 210 g/mol. The normalized spacial score (nSPS) is 25.5. The van der Waals surface area contributed by atoms with Crippen molar-refractivity contribution in [3.63, 3.8) is 0 Å². The van der Waals surface area contributed by atoms with Gasteiger partial charge in [0.05, 0.1) is 12.1 Å². The molecule has 1 aliphatic heterocycles. The highest BCUT2D eigenvalue weighted by atomic mass is 19.1. The van der Waals surface area contributed by atoms with Crippen molar-refractivity contribution in [1.29, 1.82) is 0 Å². The summed E-state index contributed by atoms with van der Waals surface area (Å²) in [5, 5.41) is 3.27. The van der Waals surface area contributed by atoms with Gasteiger partial charge in [0, 0.05) is 6.61 Å². The van der Waals surface area contributed by atoms with Crippen molar-refractivity contribution < 1.29 is 9.13 Å². The first-order chi connectivity index (χ1) is 7.24. The Morgan fingerprint density at radius 1 is 1.60 bits per heavy atom. The van der Waals surface area contributed by atoms with Crippen LogP contribution in [0.5, 0.6) is 0 Å². The molecule has 0 bridgehead atoms. The highest BCUT2D eigenvalue weighted by molar-refractivity contribution is 5.37. The number of aromatic nitrogens is 1. The van der Waals surface area contributed by atoms with E-state index in [1.54, 1.807) is 12.1 Å². The van der Waals surface area contributed by atoms with Crippen LogP contribution in [0.25, 0.3) is 0 Å². The van der Waals surface area contributed by atoms with Gasteiger partial charge in [0.2, 0.25) is 5.95 Å². The minimum atomic E-state index is -0.454. The molecule has 15 heavy (non-hydrogen) atoms. The second kappa shape index (κ2) is 4.14. The van der Waals surface area contributed by atoms with E-state index in [-0.39, 0.29) is 5.54 Å². The van der Waals surface area contributed by atoms with Crippen molar-refractivity contribution in [2.45, 2.75) is 25.3 Å². The Morgan fingerprint density at radius 2 is 2.47 bits per heavy atom. The molecular formula is C11H15FN2O. The lowest BCUT2D eigenvalue weighted by molar-refractivity contribution is 0.181. The number of anilines is 1. The number of nitrogens with one attached hydrogen (secondary N) is 1. The summed E-state index contributed by atoms with van der Waals surface area (Å²) in [7, 11) is 0. The van der Waals surface area contributed by atoms with Crippen LogP contribution in [0.15, 0.2) is 18.2 Å². The predicted octanol–water partition coefficient (Wildman–Crippen LogP) is 2.20. The molecule has 0 amide bonds. The standard InChI is InChI=1S/C11H15FN2O/c1-2-11(6-7-15-8-11)14-10-5-3-4-9(12)13-10/h3-5H,2,6-8H2,1H3,(H,13,14). The van der Waals surface area contributed by atoms with Crippen LogP contribution < -0.4 is 5.32 Å². The molecule has 0 aliphatic carbocycles. The van der Waals surface area contributed by atoms with Gasteiger partial charge < -0.3 is 10.1 Å². The molecule has 0 radical (unpaired) electrons. The molecule has 0 saturated carbocycles. The van der Waals surface area contributed by atoms with Gasteiger partial charge in [-0.3, -0.25) is 0 Å². The summed E-state index contributed by atoms with van der Waals surface area (Å²) in [4.78, 5) is 3.80. The van der Waals surface area contributed by atoms with Crippen molar-refractivity contribution in [2.75, 3.05) is 18.5 Å². The Morgan fingerprint density at radius 3 is 3.07 bits per heavy atom. The summed E-state index contributed by atoms with van der Waals surface area (Å²) >= 11 is 0. The Bertz CT molecular complexity index is 337. The molecule has 0 aromatic carbocycles. The molecule has 82 valence electrons. The topological polar surface area (TPSA) is 34.2 Å². The molecule has 2 rings (SSSR count). The maximum Gasteiger partial charge on any atom is 0.214 e. The molecule has 1 aliphatic rings. The van der Waals surface area contributed by atoms with E-state index in [4.69, 9.17) is 4.74 Å². The average Bonchev–Trinajstić information content (AvgIpc) is 2.67. The van der Waals surface area contributed by atoms with E-state index in [9.17, 15) is 4.39 Å². The summed E-state index contributed by atoms with van der Waals surface area (Å²) in [6, 6.07) is 4.78. The summed E-state index contributed by atoms with van der Waals surface area (Å²) < 4.78 is 18.3. The minimum absolute atomic E-state index is 0.0687. The molecule has 1 N–H and O–H groups in total. The Hall–Kier alpha value is -1.16. The Kier molecular flexibility index (Phi) is 2.86. The number of hydrogen-bond donors (Lipinski definition) is 1. The van der Waals surface area contributed by atoms with Crippen molar-refractivity contribution in [1.82, 2.24) is 4.98 Å². The van der Waals surface area contributed by atoms with Crippen LogP contribution >= 0.6 is 0 Å². The van der Waals surface area contributed by atoms with Crippen LogP contribution in [0.1, 0.15) is 19.8 Å². The van der Waals surface area contributed by atoms with Crippen molar-refractivity contribution >= 4 is 5.82 Å². The van der Waals surface area contributed by atoms with Gasteiger partial charge in [-0.15, -0.1) is 0 Å². The zero-order chi connectivity index (χ0) is 10.7. The Labute approximate surface area is 88.7 Å². The fourth-order valence-electron chi connectivity index (χ4n) is 1.82. The van der Waals surface area contributed by atoms with E-state index in [1.807, 2.05) is 0 Å². The van der Waals surface area contributed by atoms with E-state index < -0.39 is 5.95 Å². The van der Waals surface area contributed by atoms with E-state index in [0.29, 0.717) is 12.4 Å². The van der Waals surface area contributed by atoms with Gasteiger partial charge in [0.15, 0.2) is 0 Å². The summed E-state index contributed by atoms with van der Waals surface area (Å²) in [6.07, 6.45) is 1.90. The van der Waals surface area contributed by atoms with Crippen molar-refractivity contribution in [2.24, 2.45) is 0 Å². The van der Waals surface area contributed by atoms with Crippen LogP contribution in [0, 0.1) is 5.95 Å². The highest BCUT2D eigenvalue weighted by Crippen LogP contribution is 2.26. The highest BCUT2D eigenvalue weighted by Gasteiger charge is 2.33. The lowest BCUT2D eigenvalue weighted by Crippen LogP contribution is -2.38. The number of halogens is 1. The third-order valence-electron chi connectivity index (χ3n) is 2.89. The number of nitrogens with zero attached hydrogens (tertiary/aromatic N) is 1.